The number of nitro groups is 1. The average molecular weight is 331 g/mol. The lowest BCUT2D eigenvalue weighted by Crippen LogP contribution is -2.42. The average Bonchev–Trinajstić information content (AvgIpc) is 2.43. The van der Waals surface area contributed by atoms with E-state index < -0.39 is 4.92 Å². The van der Waals surface area contributed by atoms with Crippen LogP contribution in [0.15, 0.2) is 12.1 Å². The first-order chi connectivity index (χ1) is 9.81. The lowest BCUT2D eigenvalue weighted by molar-refractivity contribution is -0.384. The van der Waals surface area contributed by atoms with E-state index in [1.807, 2.05) is 0 Å². The molecule has 1 aromatic carbocycles. The molecule has 114 valence electrons. The second-order valence-electron chi connectivity index (χ2n) is 5.54. The summed E-state index contributed by atoms with van der Waals surface area (Å²) in [4.78, 5) is 24.5. The van der Waals surface area contributed by atoms with Crippen LogP contribution >= 0.6 is 23.2 Å². The van der Waals surface area contributed by atoms with Crippen molar-refractivity contribution < 1.29 is 9.72 Å². The third-order valence-corrected chi connectivity index (χ3v) is 4.87. The molecule has 1 saturated heterocycles. The minimum Gasteiger partial charge on any atom is -0.338 e. The molecule has 0 saturated carbocycles. The predicted octanol–water partition coefficient (Wildman–Crippen LogP) is 4.02. The number of carbonyl (C=O) groups excluding carboxylic acids is 1. The number of amides is 1. The molecule has 2 unspecified atom stereocenters. The van der Waals surface area contributed by atoms with Gasteiger partial charge in [-0.05, 0) is 24.3 Å². The Kier molecular flexibility index (Phi) is 4.74. The quantitative estimate of drug-likeness (QED) is 0.607. The molecule has 1 fully saturated rings. The number of halogens is 2. The number of piperidine rings is 1. The first kappa shape index (κ1) is 16.0. The SMILES string of the molecule is CC1CCN(C(=O)c2cc(Cl)c(Cl)c([N+](=O)[O-])c2)CC1C. The Morgan fingerprint density at radius 1 is 1.33 bits per heavy atom. The Hall–Kier alpha value is -1.33. The standard InChI is InChI=1S/C14H16Cl2N2O3/c1-8-3-4-17(7-9(8)2)14(19)10-5-11(15)13(16)12(6-10)18(20)21/h5-6,8-9H,3-4,7H2,1-2H3. The van der Waals surface area contributed by atoms with Gasteiger partial charge in [-0.25, -0.2) is 0 Å². The van der Waals surface area contributed by atoms with Crippen molar-refractivity contribution in [3.63, 3.8) is 0 Å². The van der Waals surface area contributed by atoms with Crippen LogP contribution in [0.1, 0.15) is 30.6 Å². The molecule has 1 amide bonds. The summed E-state index contributed by atoms with van der Waals surface area (Å²) in [5.74, 6) is 0.730. The van der Waals surface area contributed by atoms with Crippen LogP contribution in [0.5, 0.6) is 0 Å². The summed E-state index contributed by atoms with van der Waals surface area (Å²) in [6.45, 7) is 5.56. The van der Waals surface area contributed by atoms with Crippen molar-refractivity contribution in [3.8, 4) is 0 Å². The minimum absolute atomic E-state index is 0.0210. The molecule has 1 aromatic rings. The van der Waals surface area contributed by atoms with E-state index >= 15 is 0 Å². The molecule has 0 spiro atoms. The van der Waals surface area contributed by atoms with Crippen molar-refractivity contribution in [1.82, 2.24) is 4.90 Å². The summed E-state index contributed by atoms with van der Waals surface area (Å²) in [5, 5.41) is 10.8. The van der Waals surface area contributed by atoms with Crippen molar-refractivity contribution in [1.29, 1.82) is 0 Å². The molecule has 0 aromatic heterocycles. The summed E-state index contributed by atoms with van der Waals surface area (Å²) < 4.78 is 0. The molecular formula is C14H16Cl2N2O3. The molecule has 2 atom stereocenters. The third kappa shape index (κ3) is 3.30. The number of hydrogen-bond acceptors (Lipinski definition) is 3. The first-order valence-corrected chi connectivity index (χ1v) is 7.49. The number of benzene rings is 1. The largest absolute Gasteiger partial charge is 0.338 e. The minimum atomic E-state index is -0.633. The zero-order valence-electron chi connectivity index (χ0n) is 11.8. The van der Waals surface area contributed by atoms with E-state index in [0.29, 0.717) is 24.9 Å². The number of likely N-dealkylation sites (tertiary alicyclic amines) is 1. The van der Waals surface area contributed by atoms with Crippen molar-refractivity contribution in [3.05, 3.63) is 37.9 Å². The van der Waals surface area contributed by atoms with Crippen molar-refractivity contribution in [2.75, 3.05) is 13.1 Å². The molecule has 0 aliphatic carbocycles. The Morgan fingerprint density at radius 3 is 2.57 bits per heavy atom. The summed E-state index contributed by atoms with van der Waals surface area (Å²) >= 11 is 11.7. The van der Waals surface area contributed by atoms with Crippen LogP contribution < -0.4 is 0 Å². The van der Waals surface area contributed by atoms with E-state index in [4.69, 9.17) is 23.2 Å². The number of carbonyl (C=O) groups is 1. The van der Waals surface area contributed by atoms with Gasteiger partial charge in [0.25, 0.3) is 11.6 Å². The van der Waals surface area contributed by atoms with E-state index in [9.17, 15) is 14.9 Å². The number of nitro benzene ring substituents is 1. The summed E-state index contributed by atoms with van der Waals surface area (Å²) in [5.41, 5.74) is -0.135. The van der Waals surface area contributed by atoms with Gasteiger partial charge < -0.3 is 4.90 Å². The molecule has 7 heteroatoms. The van der Waals surface area contributed by atoms with Crippen molar-refractivity contribution in [2.24, 2.45) is 11.8 Å². The van der Waals surface area contributed by atoms with Gasteiger partial charge >= 0.3 is 0 Å². The number of hydrogen-bond donors (Lipinski definition) is 0. The zero-order valence-corrected chi connectivity index (χ0v) is 13.3. The maximum absolute atomic E-state index is 12.5. The topological polar surface area (TPSA) is 63.5 Å². The third-order valence-electron chi connectivity index (χ3n) is 4.07. The van der Waals surface area contributed by atoms with Crippen LogP contribution in [0.2, 0.25) is 10.0 Å². The Bertz CT molecular complexity index is 592. The van der Waals surface area contributed by atoms with E-state index in [1.54, 1.807) is 4.90 Å². The highest BCUT2D eigenvalue weighted by Crippen LogP contribution is 2.34. The first-order valence-electron chi connectivity index (χ1n) is 6.74. The van der Waals surface area contributed by atoms with Gasteiger partial charge in [0.2, 0.25) is 0 Å². The summed E-state index contributed by atoms with van der Waals surface area (Å²) in [6, 6.07) is 2.58. The highest BCUT2D eigenvalue weighted by atomic mass is 35.5. The van der Waals surface area contributed by atoms with Crippen molar-refractivity contribution >= 4 is 34.8 Å². The van der Waals surface area contributed by atoms with Gasteiger partial charge in [-0.2, -0.15) is 0 Å². The molecule has 2 rings (SSSR count). The van der Waals surface area contributed by atoms with E-state index in [1.165, 1.54) is 12.1 Å². The zero-order chi connectivity index (χ0) is 15.7. The van der Waals surface area contributed by atoms with Gasteiger partial charge in [0.1, 0.15) is 5.02 Å². The van der Waals surface area contributed by atoms with Crippen LogP contribution in [-0.2, 0) is 0 Å². The fourth-order valence-corrected chi connectivity index (χ4v) is 2.85. The molecule has 1 heterocycles. The Morgan fingerprint density at radius 2 is 2.00 bits per heavy atom. The van der Waals surface area contributed by atoms with Crippen LogP contribution in [-0.4, -0.2) is 28.8 Å². The molecule has 0 bridgehead atoms. The summed E-state index contributed by atoms with van der Waals surface area (Å²) in [7, 11) is 0. The van der Waals surface area contributed by atoms with Crippen molar-refractivity contribution in [2.45, 2.75) is 20.3 Å². The summed E-state index contributed by atoms with van der Waals surface area (Å²) in [6.07, 6.45) is 0.927. The fourth-order valence-electron chi connectivity index (χ4n) is 2.46. The van der Waals surface area contributed by atoms with Crippen LogP contribution in [0, 0.1) is 22.0 Å². The Balaban J connectivity index is 2.30. The van der Waals surface area contributed by atoms with Crippen LogP contribution in [0.4, 0.5) is 5.69 Å². The highest BCUT2D eigenvalue weighted by molar-refractivity contribution is 6.43. The fraction of sp³-hybridized carbons (Fsp3) is 0.500. The molecule has 0 radical (unpaired) electrons. The second-order valence-corrected chi connectivity index (χ2v) is 6.33. The van der Waals surface area contributed by atoms with Gasteiger partial charge in [0.15, 0.2) is 0 Å². The van der Waals surface area contributed by atoms with E-state index in [-0.39, 0.29) is 27.2 Å². The van der Waals surface area contributed by atoms with Crippen LogP contribution in [0.25, 0.3) is 0 Å². The van der Waals surface area contributed by atoms with Gasteiger partial charge in [0.05, 0.1) is 9.95 Å². The highest BCUT2D eigenvalue weighted by Gasteiger charge is 2.28. The smallest absolute Gasteiger partial charge is 0.290 e. The van der Waals surface area contributed by atoms with Crippen LogP contribution in [0.3, 0.4) is 0 Å². The van der Waals surface area contributed by atoms with Gasteiger partial charge in [-0.1, -0.05) is 37.0 Å². The van der Waals surface area contributed by atoms with E-state index in [2.05, 4.69) is 13.8 Å². The molecule has 5 nitrogen and oxygen atoms in total. The monoisotopic (exact) mass is 330 g/mol. The van der Waals surface area contributed by atoms with Gasteiger partial charge in [-0.15, -0.1) is 0 Å². The Labute approximate surface area is 133 Å². The number of nitrogens with zero attached hydrogens (tertiary/aromatic N) is 2. The predicted molar refractivity (Wildman–Crippen MR) is 82.0 cm³/mol. The maximum Gasteiger partial charge on any atom is 0.290 e. The normalized spacial score (nSPS) is 22.2. The van der Waals surface area contributed by atoms with Gasteiger partial charge in [0, 0.05) is 24.7 Å². The molecular weight excluding hydrogens is 315 g/mol. The molecule has 0 N–H and O–H groups in total. The maximum atomic E-state index is 12.5. The lowest BCUT2D eigenvalue weighted by Gasteiger charge is -2.35. The molecule has 21 heavy (non-hydrogen) atoms. The number of rotatable bonds is 2. The molecule has 1 aliphatic rings. The van der Waals surface area contributed by atoms with Gasteiger partial charge in [-0.3, -0.25) is 14.9 Å². The lowest BCUT2D eigenvalue weighted by atomic mass is 9.88. The second kappa shape index (κ2) is 6.20. The molecule has 1 aliphatic heterocycles. The van der Waals surface area contributed by atoms with E-state index in [0.717, 1.165) is 6.42 Å².